The zero-order valence-corrected chi connectivity index (χ0v) is 13.3. The van der Waals surface area contributed by atoms with Crippen LogP contribution >= 0.6 is 12.2 Å². The van der Waals surface area contributed by atoms with Crippen LogP contribution < -0.4 is 10.5 Å². The lowest BCUT2D eigenvalue weighted by Crippen LogP contribution is -2.29. The first kappa shape index (κ1) is 17.0. The van der Waals surface area contributed by atoms with Crippen molar-refractivity contribution in [2.75, 3.05) is 17.8 Å². The van der Waals surface area contributed by atoms with E-state index in [0.717, 1.165) is 6.26 Å². The van der Waals surface area contributed by atoms with Gasteiger partial charge in [-0.3, -0.25) is 0 Å². The first-order chi connectivity index (χ1) is 9.09. The molecular weight excluding hydrogens is 320 g/mol. The third kappa shape index (κ3) is 6.42. The molecule has 0 unspecified atom stereocenters. The number of rotatable bonds is 7. The highest BCUT2D eigenvalue weighted by Gasteiger charge is 2.14. The summed E-state index contributed by atoms with van der Waals surface area (Å²) in [5.74, 6) is -0.865. The number of nitrogens with two attached hydrogens (primary N) is 1. The fourth-order valence-electron chi connectivity index (χ4n) is 1.36. The van der Waals surface area contributed by atoms with Crippen LogP contribution in [0.5, 0.6) is 0 Å². The minimum atomic E-state index is -3.64. The molecule has 1 aromatic rings. The van der Waals surface area contributed by atoms with Gasteiger partial charge in [-0.25, -0.2) is 21.6 Å². The standard InChI is InChI=1S/C11H16N2O4S3/c1-19(14,15)5-6-20(16,17)13-8-9-3-2-4-10(7-9)11(12)18/h2-4,7,13H,5-6,8H2,1H3,(H2,12,18). The summed E-state index contributed by atoms with van der Waals surface area (Å²) in [4.78, 5) is 0.229. The second-order valence-corrected chi connectivity index (χ2v) is 8.96. The quantitative estimate of drug-likeness (QED) is 0.667. The molecule has 6 nitrogen and oxygen atoms in total. The number of sulfonamides is 1. The summed E-state index contributed by atoms with van der Waals surface area (Å²) in [6.45, 7) is 0.0581. The Hall–Kier alpha value is -1.03. The lowest BCUT2D eigenvalue weighted by molar-refractivity contribution is 0.579. The minimum Gasteiger partial charge on any atom is -0.389 e. The lowest BCUT2D eigenvalue weighted by atomic mass is 10.1. The molecule has 0 radical (unpaired) electrons. The predicted octanol–water partition coefficient (Wildman–Crippen LogP) is -0.215. The molecule has 3 N–H and O–H groups in total. The van der Waals surface area contributed by atoms with Crippen molar-refractivity contribution in [1.82, 2.24) is 4.72 Å². The second kappa shape index (κ2) is 6.61. The van der Waals surface area contributed by atoms with E-state index in [4.69, 9.17) is 18.0 Å². The fourth-order valence-corrected chi connectivity index (χ4v) is 4.11. The van der Waals surface area contributed by atoms with Gasteiger partial charge in [-0.05, 0) is 11.6 Å². The van der Waals surface area contributed by atoms with Gasteiger partial charge in [0.15, 0.2) is 0 Å². The molecule has 0 saturated heterocycles. The largest absolute Gasteiger partial charge is 0.389 e. The Morgan fingerprint density at radius 2 is 1.90 bits per heavy atom. The highest BCUT2D eigenvalue weighted by molar-refractivity contribution is 7.93. The van der Waals surface area contributed by atoms with Gasteiger partial charge in [-0.15, -0.1) is 0 Å². The Bertz CT molecular complexity index is 696. The number of nitrogens with one attached hydrogen (secondary N) is 1. The monoisotopic (exact) mass is 336 g/mol. The molecule has 1 aromatic carbocycles. The maximum atomic E-state index is 11.6. The van der Waals surface area contributed by atoms with E-state index in [2.05, 4.69) is 4.72 Å². The van der Waals surface area contributed by atoms with Crippen molar-refractivity contribution in [2.24, 2.45) is 5.73 Å². The average Bonchev–Trinajstić information content (AvgIpc) is 2.34. The molecule has 0 fully saturated rings. The number of sulfone groups is 1. The van der Waals surface area contributed by atoms with Gasteiger partial charge in [-0.1, -0.05) is 30.4 Å². The Morgan fingerprint density at radius 3 is 2.45 bits per heavy atom. The van der Waals surface area contributed by atoms with Gasteiger partial charge >= 0.3 is 0 Å². The van der Waals surface area contributed by atoms with Crippen LogP contribution in [0.1, 0.15) is 11.1 Å². The third-order valence-corrected chi connectivity index (χ3v) is 5.20. The van der Waals surface area contributed by atoms with Gasteiger partial charge < -0.3 is 5.73 Å². The Balaban J connectivity index is 2.67. The number of hydrogen-bond donors (Lipinski definition) is 2. The van der Waals surface area contributed by atoms with Crippen molar-refractivity contribution < 1.29 is 16.8 Å². The van der Waals surface area contributed by atoms with Crippen molar-refractivity contribution in [2.45, 2.75) is 6.54 Å². The molecule has 20 heavy (non-hydrogen) atoms. The van der Waals surface area contributed by atoms with Crippen LogP contribution in [0.2, 0.25) is 0 Å². The smallest absolute Gasteiger partial charge is 0.212 e. The molecule has 0 bridgehead atoms. The van der Waals surface area contributed by atoms with E-state index in [9.17, 15) is 16.8 Å². The molecule has 0 aromatic heterocycles. The van der Waals surface area contributed by atoms with Gasteiger partial charge in [0.05, 0.1) is 11.5 Å². The van der Waals surface area contributed by atoms with Gasteiger partial charge in [-0.2, -0.15) is 0 Å². The van der Waals surface area contributed by atoms with Crippen LogP contribution in [-0.2, 0) is 26.4 Å². The maximum Gasteiger partial charge on any atom is 0.212 e. The van der Waals surface area contributed by atoms with Gasteiger partial charge in [0.1, 0.15) is 14.8 Å². The summed E-state index contributed by atoms with van der Waals surface area (Å²) in [7, 11) is -6.95. The molecule has 0 amide bonds. The van der Waals surface area contributed by atoms with E-state index in [1.54, 1.807) is 24.3 Å². The zero-order chi connectivity index (χ0) is 15.4. The van der Waals surface area contributed by atoms with E-state index in [1.165, 1.54) is 0 Å². The zero-order valence-electron chi connectivity index (χ0n) is 10.9. The molecule has 0 aliphatic rings. The summed E-state index contributed by atoms with van der Waals surface area (Å²) in [6, 6.07) is 6.85. The average molecular weight is 336 g/mol. The van der Waals surface area contributed by atoms with Crippen LogP contribution in [0.3, 0.4) is 0 Å². The van der Waals surface area contributed by atoms with Crippen LogP contribution in [0.4, 0.5) is 0 Å². The van der Waals surface area contributed by atoms with E-state index in [0.29, 0.717) is 11.1 Å². The van der Waals surface area contributed by atoms with E-state index in [-0.39, 0.29) is 11.5 Å². The Morgan fingerprint density at radius 1 is 1.25 bits per heavy atom. The van der Waals surface area contributed by atoms with Crippen LogP contribution in [0.15, 0.2) is 24.3 Å². The molecule has 0 saturated carbocycles. The third-order valence-electron chi connectivity index (χ3n) is 2.43. The summed E-state index contributed by atoms with van der Waals surface area (Å²) >= 11 is 4.83. The summed E-state index contributed by atoms with van der Waals surface area (Å²) in [6.07, 6.45) is 0.994. The molecule has 9 heteroatoms. The SMILES string of the molecule is CS(=O)(=O)CCS(=O)(=O)NCc1cccc(C(N)=S)c1. The van der Waals surface area contributed by atoms with Crippen molar-refractivity contribution in [3.8, 4) is 0 Å². The topological polar surface area (TPSA) is 106 Å². The first-order valence-electron chi connectivity index (χ1n) is 5.63. The van der Waals surface area contributed by atoms with Crippen molar-refractivity contribution in [3.05, 3.63) is 35.4 Å². The number of hydrogen-bond acceptors (Lipinski definition) is 5. The van der Waals surface area contributed by atoms with E-state index in [1.807, 2.05) is 0 Å². The van der Waals surface area contributed by atoms with E-state index >= 15 is 0 Å². The predicted molar refractivity (Wildman–Crippen MR) is 82.7 cm³/mol. The molecule has 0 aliphatic carbocycles. The van der Waals surface area contributed by atoms with E-state index < -0.39 is 31.4 Å². The highest BCUT2D eigenvalue weighted by atomic mass is 32.2. The number of benzene rings is 1. The van der Waals surface area contributed by atoms with Crippen molar-refractivity contribution in [1.29, 1.82) is 0 Å². The van der Waals surface area contributed by atoms with Gasteiger partial charge in [0.25, 0.3) is 0 Å². The molecule has 0 spiro atoms. The van der Waals surface area contributed by atoms with Crippen LogP contribution in [0.25, 0.3) is 0 Å². The van der Waals surface area contributed by atoms with Crippen molar-refractivity contribution in [3.63, 3.8) is 0 Å². The summed E-state index contributed by atoms with van der Waals surface area (Å²) in [5.41, 5.74) is 6.83. The summed E-state index contributed by atoms with van der Waals surface area (Å²) in [5, 5.41) is 0. The van der Waals surface area contributed by atoms with Crippen LogP contribution in [0, 0.1) is 0 Å². The molecular formula is C11H16N2O4S3. The lowest BCUT2D eigenvalue weighted by Gasteiger charge is -2.07. The highest BCUT2D eigenvalue weighted by Crippen LogP contribution is 2.05. The minimum absolute atomic E-state index is 0.0581. The molecule has 0 atom stereocenters. The maximum absolute atomic E-state index is 11.6. The van der Waals surface area contributed by atoms with Gasteiger partial charge in [0, 0.05) is 18.4 Å². The Labute approximate surface area is 124 Å². The molecule has 112 valence electrons. The Kier molecular flexibility index (Phi) is 5.63. The molecule has 0 aliphatic heterocycles. The normalized spacial score (nSPS) is 12.2. The molecule has 1 rings (SSSR count). The first-order valence-corrected chi connectivity index (χ1v) is 9.75. The second-order valence-electron chi connectivity index (χ2n) is 4.33. The fraction of sp³-hybridized carbons (Fsp3) is 0.364. The van der Waals surface area contributed by atoms with Gasteiger partial charge in [0.2, 0.25) is 10.0 Å². The molecule has 0 heterocycles. The summed E-state index contributed by atoms with van der Waals surface area (Å²) < 4.78 is 47.5. The number of thiocarbonyl (C=S) groups is 1. The van der Waals surface area contributed by atoms with Crippen LogP contribution in [-0.4, -0.2) is 39.6 Å². The van der Waals surface area contributed by atoms with Crippen molar-refractivity contribution >= 4 is 37.1 Å².